The van der Waals surface area contributed by atoms with Gasteiger partial charge in [0.25, 0.3) is 0 Å². The van der Waals surface area contributed by atoms with Crippen LogP contribution in [0.2, 0.25) is 0 Å². The molecule has 1 N–H and O–H groups in total. The number of rotatable bonds is 10. The van der Waals surface area contributed by atoms with E-state index in [1.54, 1.807) is 30.3 Å². The maximum atomic E-state index is 12.6. The number of aromatic hydroxyl groups is 1. The van der Waals surface area contributed by atoms with E-state index in [1.165, 1.54) is 12.8 Å². The Morgan fingerprint density at radius 3 is 2.70 bits per heavy atom. The zero-order valence-corrected chi connectivity index (χ0v) is 17.8. The van der Waals surface area contributed by atoms with Crippen LogP contribution in [0.5, 0.6) is 11.5 Å². The van der Waals surface area contributed by atoms with E-state index in [1.807, 2.05) is 18.2 Å². The highest BCUT2D eigenvalue weighted by Crippen LogP contribution is 2.38. The number of allylic oxidation sites excluding steroid dienone is 3. The molecule has 0 heterocycles. The van der Waals surface area contributed by atoms with Gasteiger partial charge < -0.3 is 9.84 Å². The number of ketones is 1. The van der Waals surface area contributed by atoms with E-state index < -0.39 is 0 Å². The van der Waals surface area contributed by atoms with Crippen molar-refractivity contribution in [1.82, 2.24) is 0 Å². The molecule has 0 spiro atoms. The number of carbonyl (C=O) groups excluding carboxylic acids is 1. The second kappa shape index (κ2) is 10.8. The second-order valence-electron chi connectivity index (χ2n) is 8.15. The molecule has 1 aliphatic carbocycles. The fourth-order valence-corrected chi connectivity index (χ4v) is 4.16. The number of benzene rings is 2. The van der Waals surface area contributed by atoms with E-state index in [0.29, 0.717) is 35.7 Å². The van der Waals surface area contributed by atoms with Gasteiger partial charge in [-0.25, -0.2) is 0 Å². The molecule has 158 valence electrons. The van der Waals surface area contributed by atoms with Crippen molar-refractivity contribution in [3.63, 3.8) is 0 Å². The monoisotopic (exact) mass is 404 g/mol. The summed E-state index contributed by atoms with van der Waals surface area (Å²) in [7, 11) is 0. The van der Waals surface area contributed by atoms with Gasteiger partial charge in [-0.15, -0.1) is 6.58 Å². The Bertz CT molecular complexity index is 869. The Morgan fingerprint density at radius 1 is 1.20 bits per heavy atom. The molecule has 3 rings (SSSR count). The molecular weight excluding hydrogens is 372 g/mol. The third-order valence-corrected chi connectivity index (χ3v) is 5.94. The van der Waals surface area contributed by atoms with E-state index in [-0.39, 0.29) is 17.1 Å². The summed E-state index contributed by atoms with van der Waals surface area (Å²) >= 11 is 0. The van der Waals surface area contributed by atoms with Gasteiger partial charge in [-0.2, -0.15) is 0 Å². The standard InChI is InChI=1S/C27H32O3/c1-3-5-6-8-13-22-16-20(4-2)17-23(22)19-30-24-14-15-25(26(28)18-24)27(29)21-11-9-7-10-12-21/h4,7-15,18,20,22-23,28H,2-3,5-6,16-17,19H2,1H3/b13-8+. The molecule has 0 radical (unpaired) electrons. The van der Waals surface area contributed by atoms with Crippen LogP contribution in [0.15, 0.2) is 73.3 Å². The van der Waals surface area contributed by atoms with Gasteiger partial charge in [-0.3, -0.25) is 4.79 Å². The number of ether oxygens (including phenoxy) is 1. The van der Waals surface area contributed by atoms with E-state index in [2.05, 4.69) is 31.7 Å². The third kappa shape index (κ3) is 5.63. The smallest absolute Gasteiger partial charge is 0.196 e. The summed E-state index contributed by atoms with van der Waals surface area (Å²) in [5.41, 5.74) is 0.846. The van der Waals surface area contributed by atoms with Crippen molar-refractivity contribution in [3.8, 4) is 11.5 Å². The molecule has 1 saturated carbocycles. The number of phenols is 1. The highest BCUT2D eigenvalue weighted by atomic mass is 16.5. The lowest BCUT2D eigenvalue weighted by molar-refractivity contribution is 0.103. The Labute approximate surface area is 180 Å². The van der Waals surface area contributed by atoms with Crippen LogP contribution in [0, 0.1) is 17.8 Å². The lowest BCUT2D eigenvalue weighted by Crippen LogP contribution is -2.15. The van der Waals surface area contributed by atoms with Crippen molar-refractivity contribution >= 4 is 5.78 Å². The van der Waals surface area contributed by atoms with Gasteiger partial charge in [0.1, 0.15) is 11.5 Å². The average Bonchev–Trinajstić information content (AvgIpc) is 3.17. The molecule has 2 aromatic rings. The van der Waals surface area contributed by atoms with Gasteiger partial charge >= 0.3 is 0 Å². The Hall–Kier alpha value is -2.81. The van der Waals surface area contributed by atoms with Gasteiger partial charge in [0, 0.05) is 11.6 Å². The topological polar surface area (TPSA) is 46.5 Å². The number of hydrogen-bond acceptors (Lipinski definition) is 3. The maximum Gasteiger partial charge on any atom is 0.196 e. The summed E-state index contributed by atoms with van der Waals surface area (Å²) in [6, 6.07) is 13.9. The predicted octanol–water partition coefficient (Wildman–Crippen LogP) is 6.58. The lowest BCUT2D eigenvalue weighted by Gasteiger charge is -2.17. The van der Waals surface area contributed by atoms with Crippen molar-refractivity contribution in [2.75, 3.05) is 6.61 Å². The molecule has 3 heteroatoms. The molecule has 0 saturated heterocycles. The molecule has 0 bridgehead atoms. The number of carbonyl (C=O) groups is 1. The molecule has 2 aromatic carbocycles. The zero-order chi connectivity index (χ0) is 21.3. The molecular formula is C27H32O3. The minimum atomic E-state index is -0.193. The van der Waals surface area contributed by atoms with Crippen molar-refractivity contribution < 1.29 is 14.6 Å². The average molecular weight is 405 g/mol. The minimum Gasteiger partial charge on any atom is -0.507 e. The Balaban J connectivity index is 1.63. The van der Waals surface area contributed by atoms with Crippen molar-refractivity contribution in [2.24, 2.45) is 17.8 Å². The minimum absolute atomic E-state index is 0.0484. The SMILES string of the molecule is C=CC1CC(/C=C/CCCC)C(COc2ccc(C(=O)c3ccccc3)c(O)c2)C1. The summed E-state index contributed by atoms with van der Waals surface area (Å²) in [6.07, 6.45) is 12.5. The molecule has 3 atom stereocenters. The van der Waals surface area contributed by atoms with Gasteiger partial charge in [-0.1, -0.05) is 68.3 Å². The molecule has 3 unspecified atom stereocenters. The molecule has 1 aliphatic rings. The van der Waals surface area contributed by atoms with Crippen LogP contribution in [-0.2, 0) is 0 Å². The van der Waals surface area contributed by atoms with Gasteiger partial charge in [-0.05, 0) is 49.1 Å². The summed E-state index contributed by atoms with van der Waals surface area (Å²) in [4.78, 5) is 12.6. The van der Waals surface area contributed by atoms with Crippen molar-refractivity contribution in [1.29, 1.82) is 0 Å². The van der Waals surface area contributed by atoms with E-state index in [0.717, 1.165) is 19.3 Å². The van der Waals surface area contributed by atoms with Gasteiger partial charge in [0.05, 0.1) is 12.2 Å². The normalized spacial score (nSPS) is 21.0. The molecule has 0 aliphatic heterocycles. The Kier molecular flexibility index (Phi) is 7.89. The number of phenolic OH excluding ortho intramolecular Hbond substituents is 1. The van der Waals surface area contributed by atoms with Crippen molar-refractivity contribution in [3.05, 3.63) is 84.5 Å². The largest absolute Gasteiger partial charge is 0.507 e. The third-order valence-electron chi connectivity index (χ3n) is 5.94. The van der Waals surface area contributed by atoms with Crippen LogP contribution in [-0.4, -0.2) is 17.5 Å². The first-order chi connectivity index (χ1) is 14.6. The summed E-state index contributed by atoms with van der Waals surface area (Å²) < 4.78 is 6.02. The molecule has 0 amide bonds. The van der Waals surface area contributed by atoms with E-state index in [4.69, 9.17) is 4.74 Å². The predicted molar refractivity (Wildman–Crippen MR) is 122 cm³/mol. The molecule has 1 fully saturated rings. The van der Waals surface area contributed by atoms with Crippen LogP contribution in [0.4, 0.5) is 0 Å². The van der Waals surface area contributed by atoms with E-state index >= 15 is 0 Å². The van der Waals surface area contributed by atoms with Crippen LogP contribution < -0.4 is 4.74 Å². The van der Waals surface area contributed by atoms with Gasteiger partial charge in [0.2, 0.25) is 0 Å². The first-order valence-electron chi connectivity index (χ1n) is 11.0. The lowest BCUT2D eigenvalue weighted by atomic mass is 9.96. The number of hydrogen-bond donors (Lipinski definition) is 1. The first-order valence-corrected chi connectivity index (χ1v) is 11.0. The highest BCUT2D eigenvalue weighted by Gasteiger charge is 2.31. The molecule has 0 aromatic heterocycles. The van der Waals surface area contributed by atoms with Crippen LogP contribution in [0.1, 0.15) is 54.9 Å². The summed E-state index contributed by atoms with van der Waals surface area (Å²) in [6.45, 7) is 6.78. The van der Waals surface area contributed by atoms with Crippen LogP contribution in [0.25, 0.3) is 0 Å². The molecule has 30 heavy (non-hydrogen) atoms. The quantitative estimate of drug-likeness (QED) is 0.276. The fraction of sp³-hybridized carbons (Fsp3) is 0.370. The van der Waals surface area contributed by atoms with E-state index in [9.17, 15) is 9.90 Å². The Morgan fingerprint density at radius 2 is 2.00 bits per heavy atom. The fourth-order valence-electron chi connectivity index (χ4n) is 4.16. The summed E-state index contributed by atoms with van der Waals surface area (Å²) in [5, 5.41) is 10.4. The summed E-state index contributed by atoms with van der Waals surface area (Å²) in [5.74, 6) is 1.80. The molecule has 3 nitrogen and oxygen atoms in total. The second-order valence-corrected chi connectivity index (χ2v) is 8.15. The van der Waals surface area contributed by atoms with Gasteiger partial charge in [0.15, 0.2) is 5.78 Å². The zero-order valence-electron chi connectivity index (χ0n) is 17.8. The van der Waals surface area contributed by atoms with Crippen molar-refractivity contribution in [2.45, 2.75) is 39.0 Å². The van der Waals surface area contributed by atoms with Crippen LogP contribution >= 0.6 is 0 Å². The number of unbranched alkanes of at least 4 members (excludes halogenated alkanes) is 2. The first kappa shape index (κ1) is 21.9. The van der Waals surface area contributed by atoms with Crippen LogP contribution in [0.3, 0.4) is 0 Å². The highest BCUT2D eigenvalue weighted by molar-refractivity contribution is 6.10. The maximum absolute atomic E-state index is 12.6.